The zero-order valence-corrected chi connectivity index (χ0v) is 13.1. The topological polar surface area (TPSA) is 44.8 Å². The molecule has 2 aromatic rings. The van der Waals surface area contributed by atoms with E-state index < -0.39 is 0 Å². The number of para-hydroxylation sites is 2. The maximum absolute atomic E-state index is 11.6. The minimum absolute atomic E-state index is 0.178. The Morgan fingerprint density at radius 3 is 2.62 bits per heavy atom. The van der Waals surface area contributed by atoms with E-state index in [0.29, 0.717) is 15.8 Å². The monoisotopic (exact) mass is 326 g/mol. The molecule has 4 nitrogen and oxygen atoms in total. The van der Waals surface area contributed by atoms with Gasteiger partial charge in [-0.25, -0.2) is 0 Å². The van der Waals surface area contributed by atoms with Crippen molar-refractivity contribution < 1.29 is 19.0 Å². The quantitative estimate of drug-likeness (QED) is 0.723. The Bertz CT molecular complexity index is 597. The van der Waals surface area contributed by atoms with Crippen LogP contribution < -0.4 is 9.47 Å². The fourth-order valence-electron chi connectivity index (χ4n) is 1.64. The zero-order chi connectivity index (χ0) is 15.1. The summed E-state index contributed by atoms with van der Waals surface area (Å²) >= 11 is 7.20. The van der Waals surface area contributed by atoms with Crippen LogP contribution in [0.25, 0.3) is 0 Å². The smallest absolute Gasteiger partial charge is 0.309 e. The fourth-order valence-corrected chi connectivity index (χ4v) is 2.64. The summed E-state index contributed by atoms with van der Waals surface area (Å²) in [7, 11) is 1.57. The van der Waals surface area contributed by atoms with Crippen molar-refractivity contribution in [2.45, 2.75) is 13.0 Å². The third kappa shape index (κ3) is 4.95. The highest BCUT2D eigenvalue weighted by Gasteiger charge is 2.07. The minimum atomic E-state index is -0.311. The van der Waals surface area contributed by atoms with Crippen LogP contribution in [0.5, 0.6) is 11.5 Å². The lowest BCUT2D eigenvalue weighted by molar-refractivity contribution is -0.145. The zero-order valence-electron chi connectivity index (χ0n) is 11.5. The second-order valence-electron chi connectivity index (χ2n) is 4.12. The molecular weight excluding hydrogens is 312 g/mol. The Labute approximate surface area is 132 Å². The van der Waals surface area contributed by atoms with Gasteiger partial charge in [-0.3, -0.25) is 4.79 Å². The van der Waals surface area contributed by atoms with Crippen LogP contribution in [-0.4, -0.2) is 19.7 Å². The molecular formula is C15H15ClO4S. The van der Waals surface area contributed by atoms with Crippen molar-refractivity contribution in [3.05, 3.63) is 45.6 Å². The molecule has 1 heterocycles. The van der Waals surface area contributed by atoms with Gasteiger partial charge in [0.25, 0.3) is 0 Å². The summed E-state index contributed by atoms with van der Waals surface area (Å²) in [5.74, 6) is 0.936. The highest BCUT2D eigenvalue weighted by atomic mass is 35.5. The van der Waals surface area contributed by atoms with E-state index in [1.165, 1.54) is 11.3 Å². The number of halogens is 1. The minimum Gasteiger partial charge on any atom is -0.493 e. The maximum atomic E-state index is 11.6. The summed E-state index contributed by atoms with van der Waals surface area (Å²) in [6.45, 7) is 0.481. The summed E-state index contributed by atoms with van der Waals surface area (Å²) in [5, 5.41) is 0. The van der Waals surface area contributed by atoms with Crippen LogP contribution in [0.15, 0.2) is 36.4 Å². The molecule has 0 amide bonds. The van der Waals surface area contributed by atoms with Gasteiger partial charge >= 0.3 is 5.97 Å². The van der Waals surface area contributed by atoms with Crippen LogP contribution in [0.1, 0.15) is 11.3 Å². The molecule has 0 unspecified atom stereocenters. The molecule has 0 spiro atoms. The van der Waals surface area contributed by atoms with Gasteiger partial charge < -0.3 is 14.2 Å². The van der Waals surface area contributed by atoms with Gasteiger partial charge in [0.1, 0.15) is 6.61 Å². The lowest BCUT2D eigenvalue weighted by atomic mass is 10.3. The van der Waals surface area contributed by atoms with Crippen molar-refractivity contribution in [2.24, 2.45) is 0 Å². The molecule has 0 N–H and O–H groups in total. The van der Waals surface area contributed by atoms with Gasteiger partial charge in [0, 0.05) is 4.88 Å². The fraction of sp³-hybridized carbons (Fsp3) is 0.267. The van der Waals surface area contributed by atoms with E-state index in [-0.39, 0.29) is 25.6 Å². The Balaban J connectivity index is 1.71. The van der Waals surface area contributed by atoms with Gasteiger partial charge in [-0.05, 0) is 24.3 Å². The largest absolute Gasteiger partial charge is 0.493 e. The average molecular weight is 327 g/mol. The maximum Gasteiger partial charge on any atom is 0.309 e. The summed E-state index contributed by atoms with van der Waals surface area (Å²) in [5.41, 5.74) is 0. The molecule has 2 rings (SSSR count). The highest BCUT2D eigenvalue weighted by Crippen LogP contribution is 2.26. The number of hydrogen-bond acceptors (Lipinski definition) is 5. The van der Waals surface area contributed by atoms with Gasteiger partial charge in [-0.15, -0.1) is 11.3 Å². The van der Waals surface area contributed by atoms with E-state index in [2.05, 4.69) is 0 Å². The molecule has 0 saturated carbocycles. The molecule has 1 aromatic heterocycles. The van der Waals surface area contributed by atoms with Crippen LogP contribution in [0.3, 0.4) is 0 Å². The SMILES string of the molecule is COc1ccccc1OCCC(=O)OCc1ccc(Cl)s1. The number of carbonyl (C=O) groups excluding carboxylic acids is 1. The highest BCUT2D eigenvalue weighted by molar-refractivity contribution is 7.16. The average Bonchev–Trinajstić information content (AvgIpc) is 2.91. The number of esters is 1. The van der Waals surface area contributed by atoms with E-state index in [4.69, 9.17) is 25.8 Å². The number of carbonyl (C=O) groups is 1. The molecule has 1 aromatic carbocycles. The van der Waals surface area contributed by atoms with Gasteiger partial charge in [0.2, 0.25) is 0 Å². The van der Waals surface area contributed by atoms with Crippen molar-refractivity contribution in [3.8, 4) is 11.5 Å². The van der Waals surface area contributed by atoms with Crippen LogP contribution in [0.2, 0.25) is 4.34 Å². The summed E-state index contributed by atoms with van der Waals surface area (Å²) in [6, 6.07) is 10.9. The lowest BCUT2D eigenvalue weighted by Gasteiger charge is -2.09. The molecule has 0 aliphatic carbocycles. The molecule has 6 heteroatoms. The van der Waals surface area contributed by atoms with E-state index >= 15 is 0 Å². The molecule has 0 aliphatic heterocycles. The predicted octanol–water partition coefficient (Wildman–Crippen LogP) is 3.92. The summed E-state index contributed by atoms with van der Waals surface area (Å²) in [4.78, 5) is 12.5. The van der Waals surface area contributed by atoms with Gasteiger partial charge in [0.15, 0.2) is 11.5 Å². The van der Waals surface area contributed by atoms with E-state index in [1.807, 2.05) is 18.2 Å². The molecule has 112 valence electrons. The van der Waals surface area contributed by atoms with Crippen molar-refractivity contribution in [1.82, 2.24) is 0 Å². The Morgan fingerprint density at radius 2 is 1.95 bits per heavy atom. The molecule has 0 atom stereocenters. The normalized spacial score (nSPS) is 10.2. The molecule has 0 saturated heterocycles. The molecule has 0 bridgehead atoms. The Hall–Kier alpha value is -1.72. The standard InChI is InChI=1S/C15H15ClO4S/c1-18-12-4-2-3-5-13(12)19-9-8-15(17)20-10-11-6-7-14(16)21-11/h2-7H,8-10H2,1H3. The van der Waals surface area contributed by atoms with E-state index in [9.17, 15) is 4.79 Å². The Kier molecular flexibility index (Phi) is 5.90. The van der Waals surface area contributed by atoms with E-state index in [0.717, 1.165) is 4.88 Å². The molecule has 21 heavy (non-hydrogen) atoms. The van der Waals surface area contributed by atoms with Crippen LogP contribution in [0.4, 0.5) is 0 Å². The van der Waals surface area contributed by atoms with Crippen LogP contribution in [0, 0.1) is 0 Å². The number of benzene rings is 1. The third-order valence-corrected chi connectivity index (χ3v) is 3.84. The van der Waals surface area contributed by atoms with Crippen molar-refractivity contribution in [3.63, 3.8) is 0 Å². The number of rotatable bonds is 7. The van der Waals surface area contributed by atoms with E-state index in [1.54, 1.807) is 25.3 Å². The Morgan fingerprint density at radius 1 is 1.19 bits per heavy atom. The van der Waals surface area contributed by atoms with Gasteiger partial charge in [-0.1, -0.05) is 23.7 Å². The summed E-state index contributed by atoms with van der Waals surface area (Å²) < 4.78 is 16.5. The molecule has 0 radical (unpaired) electrons. The van der Waals surface area contributed by atoms with Crippen LogP contribution >= 0.6 is 22.9 Å². The number of thiophene rings is 1. The van der Waals surface area contributed by atoms with Crippen molar-refractivity contribution in [1.29, 1.82) is 0 Å². The first-order valence-electron chi connectivity index (χ1n) is 6.34. The molecule has 0 fully saturated rings. The first-order chi connectivity index (χ1) is 10.2. The second kappa shape index (κ2) is 7.90. The predicted molar refractivity (Wildman–Crippen MR) is 82.2 cm³/mol. The lowest BCUT2D eigenvalue weighted by Crippen LogP contribution is -2.09. The molecule has 0 aliphatic rings. The number of methoxy groups -OCH3 is 1. The summed E-state index contributed by atoms with van der Waals surface area (Å²) in [6.07, 6.45) is 0.178. The van der Waals surface area contributed by atoms with Gasteiger partial charge in [-0.2, -0.15) is 0 Å². The number of ether oxygens (including phenoxy) is 3. The first-order valence-corrected chi connectivity index (χ1v) is 7.54. The van der Waals surface area contributed by atoms with Gasteiger partial charge in [0.05, 0.1) is 24.5 Å². The van der Waals surface area contributed by atoms with Crippen molar-refractivity contribution in [2.75, 3.05) is 13.7 Å². The first kappa shape index (κ1) is 15.7. The van der Waals surface area contributed by atoms with Crippen molar-refractivity contribution >= 4 is 28.9 Å². The third-order valence-electron chi connectivity index (χ3n) is 2.64. The van der Waals surface area contributed by atoms with Crippen LogP contribution in [-0.2, 0) is 16.1 Å². The second-order valence-corrected chi connectivity index (χ2v) is 5.92. The number of hydrogen-bond donors (Lipinski definition) is 0.